The Balaban J connectivity index is 0.000000319. The molecule has 1 aliphatic heterocycles. The van der Waals surface area contributed by atoms with Gasteiger partial charge >= 0.3 is 12.0 Å². The molecule has 2 fully saturated rings. The maximum absolute atomic E-state index is 10.8. The second-order valence-electron chi connectivity index (χ2n) is 3.51. The van der Waals surface area contributed by atoms with Gasteiger partial charge in [-0.3, -0.25) is 14.9 Å². The first-order valence-corrected chi connectivity index (χ1v) is 4.93. The zero-order chi connectivity index (χ0) is 11.3. The lowest BCUT2D eigenvalue weighted by Gasteiger charge is -2.02. The van der Waals surface area contributed by atoms with Crippen LogP contribution in [0.3, 0.4) is 0 Å². The van der Waals surface area contributed by atoms with Gasteiger partial charge in [0, 0.05) is 6.42 Å². The summed E-state index contributed by atoms with van der Waals surface area (Å²) in [6.07, 6.45) is 4.51. The predicted molar refractivity (Wildman–Crippen MR) is 51.2 cm³/mol. The van der Waals surface area contributed by atoms with Crippen LogP contribution in [0.15, 0.2) is 0 Å². The van der Waals surface area contributed by atoms with Gasteiger partial charge < -0.3 is 10.4 Å². The van der Waals surface area contributed by atoms with E-state index in [2.05, 4.69) is 5.32 Å². The summed E-state index contributed by atoms with van der Waals surface area (Å²) in [6.45, 7) is 0. The normalized spacial score (nSPS) is 22.3. The first kappa shape index (κ1) is 11.5. The second-order valence-corrected chi connectivity index (χ2v) is 3.51. The predicted octanol–water partition coefficient (Wildman–Crippen LogP) is 0.230. The summed E-state index contributed by atoms with van der Waals surface area (Å²) in [5.41, 5.74) is 0. The molecule has 15 heavy (non-hydrogen) atoms. The fourth-order valence-electron chi connectivity index (χ4n) is 0.930. The van der Waals surface area contributed by atoms with Crippen LogP contribution in [0, 0.1) is 0 Å². The van der Waals surface area contributed by atoms with E-state index in [1.807, 2.05) is 5.32 Å². The number of imide groups is 1. The molecule has 0 bridgehead atoms. The molecule has 3 amide bonds. The Kier molecular flexibility index (Phi) is 4.08. The summed E-state index contributed by atoms with van der Waals surface area (Å²) >= 11 is 0. The third-order valence-electron chi connectivity index (χ3n) is 1.86. The van der Waals surface area contributed by atoms with Gasteiger partial charge in [0.25, 0.3) is 5.91 Å². The highest BCUT2D eigenvalue weighted by atomic mass is 16.4. The molecule has 1 heterocycles. The molecule has 0 aromatic heterocycles. The van der Waals surface area contributed by atoms with Crippen molar-refractivity contribution in [2.24, 2.45) is 0 Å². The first-order valence-electron chi connectivity index (χ1n) is 4.93. The van der Waals surface area contributed by atoms with Gasteiger partial charge in [-0.2, -0.15) is 0 Å². The summed E-state index contributed by atoms with van der Waals surface area (Å²) < 4.78 is 0. The molecule has 1 unspecified atom stereocenters. The highest BCUT2D eigenvalue weighted by Crippen LogP contribution is 2.14. The van der Waals surface area contributed by atoms with Crippen LogP contribution in [-0.2, 0) is 9.59 Å². The molecule has 0 spiro atoms. The molecular weight excluding hydrogens is 200 g/mol. The van der Waals surface area contributed by atoms with Crippen molar-refractivity contribution in [1.82, 2.24) is 10.6 Å². The maximum Gasteiger partial charge on any atom is 0.322 e. The Morgan fingerprint density at radius 2 is 1.93 bits per heavy atom. The molecule has 0 aromatic carbocycles. The monoisotopic (exact) mass is 214 g/mol. The van der Waals surface area contributed by atoms with E-state index in [-0.39, 0.29) is 12.8 Å². The lowest BCUT2D eigenvalue weighted by molar-refractivity contribution is -0.137. The molecule has 0 radical (unpaired) electrons. The lowest BCUT2D eigenvalue weighted by atomic mass is 10.1. The highest BCUT2D eigenvalue weighted by molar-refractivity contribution is 6.04. The Bertz CT molecular complexity index is 273. The minimum atomic E-state index is -0.982. The van der Waals surface area contributed by atoms with E-state index < -0.39 is 23.9 Å². The van der Waals surface area contributed by atoms with Gasteiger partial charge in [0.2, 0.25) is 0 Å². The molecule has 0 aromatic rings. The molecule has 6 nitrogen and oxygen atoms in total. The summed E-state index contributed by atoms with van der Waals surface area (Å²) in [4.78, 5) is 31.4. The zero-order valence-corrected chi connectivity index (χ0v) is 8.28. The third kappa shape index (κ3) is 4.99. The molecule has 3 N–H and O–H groups in total. The van der Waals surface area contributed by atoms with Crippen molar-refractivity contribution in [3.05, 3.63) is 0 Å². The molecule has 1 saturated carbocycles. The Morgan fingerprint density at radius 3 is 2.27 bits per heavy atom. The average molecular weight is 214 g/mol. The van der Waals surface area contributed by atoms with Crippen molar-refractivity contribution in [2.45, 2.75) is 38.1 Å². The molecule has 84 valence electrons. The van der Waals surface area contributed by atoms with Crippen molar-refractivity contribution in [1.29, 1.82) is 0 Å². The van der Waals surface area contributed by atoms with Crippen LogP contribution in [-0.4, -0.2) is 29.1 Å². The number of aliphatic carboxylic acids is 1. The largest absolute Gasteiger partial charge is 0.481 e. The Morgan fingerprint density at radius 1 is 1.33 bits per heavy atom. The van der Waals surface area contributed by atoms with Gasteiger partial charge in [0.15, 0.2) is 0 Å². The van der Waals surface area contributed by atoms with Gasteiger partial charge in [0.1, 0.15) is 6.04 Å². The number of rotatable bonds is 3. The Labute approximate surface area is 87.0 Å². The third-order valence-corrected chi connectivity index (χ3v) is 1.86. The molecule has 2 rings (SSSR count). The molecule has 1 atom stereocenters. The van der Waals surface area contributed by atoms with Crippen molar-refractivity contribution < 1.29 is 19.5 Å². The molecule has 6 heteroatoms. The number of carbonyl (C=O) groups is 3. The quantitative estimate of drug-likeness (QED) is 0.586. The number of nitrogens with one attached hydrogen (secondary N) is 2. The van der Waals surface area contributed by atoms with E-state index in [1.165, 1.54) is 19.3 Å². The minimum absolute atomic E-state index is 0.127. The Hall–Kier alpha value is -1.59. The minimum Gasteiger partial charge on any atom is -0.481 e. The fraction of sp³-hybridized carbons (Fsp3) is 0.667. The van der Waals surface area contributed by atoms with Crippen molar-refractivity contribution >= 4 is 17.9 Å². The fourth-order valence-corrected chi connectivity index (χ4v) is 0.930. The van der Waals surface area contributed by atoms with Crippen LogP contribution in [0.5, 0.6) is 0 Å². The van der Waals surface area contributed by atoms with Gasteiger partial charge in [-0.25, -0.2) is 4.79 Å². The summed E-state index contributed by atoms with van der Waals surface area (Å²) in [5.74, 6) is -1.44. The molecule has 1 saturated heterocycles. The maximum atomic E-state index is 10.8. The van der Waals surface area contributed by atoms with E-state index in [4.69, 9.17) is 5.11 Å². The first-order chi connectivity index (χ1) is 7.09. The number of carboxylic acid groups (broad SMARTS) is 1. The number of carbonyl (C=O) groups excluding carboxylic acids is 2. The number of hydrogen-bond donors (Lipinski definition) is 3. The van der Waals surface area contributed by atoms with Crippen LogP contribution < -0.4 is 10.6 Å². The number of amides is 3. The summed E-state index contributed by atoms with van der Waals surface area (Å²) in [5, 5.41) is 12.6. The van der Waals surface area contributed by atoms with Gasteiger partial charge in [0.05, 0.1) is 0 Å². The van der Waals surface area contributed by atoms with Gasteiger partial charge in [-0.15, -0.1) is 0 Å². The van der Waals surface area contributed by atoms with Crippen molar-refractivity contribution in [2.75, 3.05) is 0 Å². The van der Waals surface area contributed by atoms with Crippen molar-refractivity contribution in [3.8, 4) is 0 Å². The van der Waals surface area contributed by atoms with E-state index in [9.17, 15) is 14.4 Å². The number of hydrogen-bond acceptors (Lipinski definition) is 3. The van der Waals surface area contributed by atoms with Crippen LogP contribution in [0.2, 0.25) is 0 Å². The van der Waals surface area contributed by atoms with Crippen molar-refractivity contribution in [3.63, 3.8) is 0 Å². The number of carboxylic acids is 1. The molecule has 2 aliphatic rings. The van der Waals surface area contributed by atoms with Crippen LogP contribution in [0.4, 0.5) is 4.79 Å². The molecule has 1 aliphatic carbocycles. The van der Waals surface area contributed by atoms with Crippen LogP contribution in [0.1, 0.15) is 32.1 Å². The second kappa shape index (κ2) is 5.33. The van der Waals surface area contributed by atoms with Crippen LogP contribution in [0.25, 0.3) is 0 Å². The van der Waals surface area contributed by atoms with Crippen LogP contribution >= 0.6 is 0 Å². The summed E-state index contributed by atoms with van der Waals surface area (Å²) in [6, 6.07) is -1.25. The lowest BCUT2D eigenvalue weighted by Crippen LogP contribution is -2.29. The highest BCUT2D eigenvalue weighted by Gasteiger charge is 2.29. The smallest absolute Gasteiger partial charge is 0.322 e. The van der Waals surface area contributed by atoms with E-state index >= 15 is 0 Å². The standard InChI is InChI=1S/C6H8N2O4.C3H6/c9-4(10)2-1-3-5(11)8-6(12)7-3;1-2-3-1/h3H,1-2H2,(H,9,10)(H2,7,8,11,12);1-3H2. The van der Waals surface area contributed by atoms with E-state index in [0.717, 1.165) is 0 Å². The van der Waals surface area contributed by atoms with E-state index in [1.54, 1.807) is 0 Å². The number of urea groups is 1. The molecular formula is C9H14N2O4. The van der Waals surface area contributed by atoms with E-state index in [0.29, 0.717) is 0 Å². The zero-order valence-electron chi connectivity index (χ0n) is 8.28. The topological polar surface area (TPSA) is 95.5 Å². The average Bonchev–Trinajstić information content (AvgIpc) is 2.95. The summed E-state index contributed by atoms with van der Waals surface area (Å²) in [7, 11) is 0. The van der Waals surface area contributed by atoms with Gasteiger partial charge in [-0.05, 0) is 6.42 Å². The van der Waals surface area contributed by atoms with Gasteiger partial charge in [-0.1, -0.05) is 19.3 Å². The SMILES string of the molecule is C1CC1.O=C(O)CCC1NC(=O)NC1=O.